The van der Waals surface area contributed by atoms with Crippen LogP contribution in [0, 0.1) is 5.92 Å². The van der Waals surface area contributed by atoms with Crippen molar-refractivity contribution in [3.8, 4) is 11.1 Å². The van der Waals surface area contributed by atoms with E-state index >= 15 is 0 Å². The molecule has 0 saturated heterocycles. The molecule has 1 saturated carbocycles. The molecule has 180 valence electrons. The molecule has 0 unspecified atom stereocenters. The van der Waals surface area contributed by atoms with Crippen molar-refractivity contribution in [2.45, 2.75) is 24.8 Å². The van der Waals surface area contributed by atoms with Crippen molar-refractivity contribution in [2.24, 2.45) is 5.92 Å². The number of benzene rings is 2. The van der Waals surface area contributed by atoms with Gasteiger partial charge in [0.15, 0.2) is 0 Å². The molecular weight excluding hydrogens is 434 g/mol. The van der Waals surface area contributed by atoms with Gasteiger partial charge in [-0.25, -0.2) is 4.79 Å². The number of hydrogen-bond acceptors (Lipinski definition) is 5. The molecule has 0 spiro atoms. The van der Waals surface area contributed by atoms with Crippen molar-refractivity contribution in [3.05, 3.63) is 59.7 Å². The van der Waals surface area contributed by atoms with Gasteiger partial charge in [0.25, 0.3) is 0 Å². The maximum absolute atomic E-state index is 13.2. The minimum atomic E-state index is -1.07. The molecule has 0 heterocycles. The number of hydrogen-bond donors (Lipinski definition) is 2. The van der Waals surface area contributed by atoms with E-state index < -0.39 is 24.0 Å². The summed E-state index contributed by atoms with van der Waals surface area (Å²) < 4.78 is 5.60. The fraction of sp³-hybridized carbons (Fsp3) is 0.423. The Hall–Kier alpha value is -3.39. The molecule has 0 radical (unpaired) electrons. The molecule has 4 rings (SSSR count). The molecule has 1 atom stereocenters. The third kappa shape index (κ3) is 5.56. The molecule has 2 N–H and O–H groups in total. The summed E-state index contributed by atoms with van der Waals surface area (Å²) in [6, 6.07) is 15.3. The Morgan fingerprint density at radius 1 is 1.03 bits per heavy atom. The Bertz CT molecular complexity index is 1020. The van der Waals surface area contributed by atoms with E-state index in [2.05, 4.69) is 17.4 Å². The molecule has 1 fully saturated rings. The zero-order valence-corrected chi connectivity index (χ0v) is 19.6. The van der Waals surface area contributed by atoms with Gasteiger partial charge in [0.2, 0.25) is 5.91 Å². The van der Waals surface area contributed by atoms with Crippen LogP contribution in [0.15, 0.2) is 48.5 Å². The number of nitrogens with zero attached hydrogens (tertiary/aromatic N) is 2. The van der Waals surface area contributed by atoms with Crippen LogP contribution in [-0.4, -0.2) is 79.3 Å². The van der Waals surface area contributed by atoms with Crippen LogP contribution in [-0.2, 0) is 14.3 Å². The van der Waals surface area contributed by atoms with Gasteiger partial charge in [-0.3, -0.25) is 9.59 Å². The molecule has 8 nitrogen and oxygen atoms in total. The lowest BCUT2D eigenvalue weighted by Crippen LogP contribution is -2.54. The predicted octanol–water partition coefficient (Wildman–Crippen LogP) is 2.78. The fourth-order valence-corrected chi connectivity index (χ4v) is 4.56. The van der Waals surface area contributed by atoms with Crippen LogP contribution in [0.4, 0.5) is 4.79 Å². The van der Waals surface area contributed by atoms with Gasteiger partial charge in [-0.1, -0.05) is 48.5 Å². The van der Waals surface area contributed by atoms with Gasteiger partial charge in [0.1, 0.15) is 19.2 Å². The van der Waals surface area contributed by atoms with Crippen molar-refractivity contribution in [1.29, 1.82) is 0 Å². The number of alkyl carbamates (subject to hydrolysis) is 1. The Morgan fingerprint density at radius 2 is 1.62 bits per heavy atom. The van der Waals surface area contributed by atoms with E-state index in [0.29, 0.717) is 12.5 Å². The zero-order chi connectivity index (χ0) is 24.2. The first-order chi connectivity index (χ1) is 16.3. The summed E-state index contributed by atoms with van der Waals surface area (Å²) in [7, 11) is 3.59. The van der Waals surface area contributed by atoms with Crippen LogP contribution in [0.2, 0.25) is 0 Å². The largest absolute Gasteiger partial charge is 0.480 e. The molecular formula is C26H31N3O5. The lowest BCUT2D eigenvalue weighted by molar-refractivity contribution is -0.145. The number of aliphatic carboxylic acids is 1. The lowest BCUT2D eigenvalue weighted by Gasteiger charge is -2.28. The minimum absolute atomic E-state index is 0.0838. The summed E-state index contributed by atoms with van der Waals surface area (Å²) in [5, 5.41) is 11.9. The number of nitrogens with one attached hydrogen (secondary N) is 1. The van der Waals surface area contributed by atoms with Crippen molar-refractivity contribution in [3.63, 3.8) is 0 Å². The highest BCUT2D eigenvalue weighted by molar-refractivity contribution is 5.88. The van der Waals surface area contributed by atoms with E-state index in [1.807, 2.05) is 36.4 Å². The summed E-state index contributed by atoms with van der Waals surface area (Å²) in [5.74, 6) is -1.23. The number of fused-ring (bicyclic) bond motifs is 3. The maximum Gasteiger partial charge on any atom is 0.407 e. The average molecular weight is 466 g/mol. The smallest absolute Gasteiger partial charge is 0.407 e. The first-order valence-electron chi connectivity index (χ1n) is 11.6. The predicted molar refractivity (Wildman–Crippen MR) is 127 cm³/mol. The summed E-state index contributed by atoms with van der Waals surface area (Å²) in [4.78, 5) is 40.4. The van der Waals surface area contributed by atoms with Crippen molar-refractivity contribution in [1.82, 2.24) is 15.1 Å². The number of carbonyl (C=O) groups is 3. The Labute approximate surface area is 199 Å². The van der Waals surface area contributed by atoms with Crippen molar-refractivity contribution >= 4 is 18.0 Å². The summed E-state index contributed by atoms with van der Waals surface area (Å²) in [6.45, 7) is 0.389. The van der Waals surface area contributed by atoms with E-state index in [0.717, 1.165) is 35.1 Å². The second kappa shape index (κ2) is 10.3. The van der Waals surface area contributed by atoms with Crippen LogP contribution >= 0.6 is 0 Å². The van der Waals surface area contributed by atoms with E-state index in [4.69, 9.17) is 4.74 Å². The SMILES string of the molecule is CN(C)C[C@H](NC(=O)OCC1c2ccccc2-c2ccccc21)C(=O)N(CC(=O)O)CC1CC1. The van der Waals surface area contributed by atoms with Gasteiger partial charge >= 0.3 is 12.1 Å². The van der Waals surface area contributed by atoms with Gasteiger partial charge in [0, 0.05) is 19.0 Å². The lowest BCUT2D eigenvalue weighted by atomic mass is 9.98. The monoisotopic (exact) mass is 465 g/mol. The Morgan fingerprint density at radius 3 is 2.15 bits per heavy atom. The van der Waals surface area contributed by atoms with Crippen LogP contribution in [0.5, 0.6) is 0 Å². The number of likely N-dealkylation sites (N-methyl/N-ethyl adjacent to an activating group) is 1. The highest BCUT2D eigenvalue weighted by atomic mass is 16.5. The summed E-state index contributed by atoms with van der Waals surface area (Å²) in [5.41, 5.74) is 4.48. The van der Waals surface area contributed by atoms with Crippen molar-refractivity contribution in [2.75, 3.05) is 40.3 Å². The molecule has 0 aliphatic heterocycles. The highest BCUT2D eigenvalue weighted by Crippen LogP contribution is 2.44. The topological polar surface area (TPSA) is 99.2 Å². The van der Waals surface area contributed by atoms with Gasteiger partial charge < -0.3 is 25.0 Å². The first-order valence-corrected chi connectivity index (χ1v) is 11.6. The van der Waals surface area contributed by atoms with Crippen LogP contribution < -0.4 is 5.32 Å². The number of ether oxygens (including phenoxy) is 1. The molecule has 8 heteroatoms. The minimum Gasteiger partial charge on any atom is -0.480 e. The second-order valence-corrected chi connectivity index (χ2v) is 9.34. The molecule has 0 aromatic heterocycles. The van der Waals surface area contributed by atoms with Crippen LogP contribution in [0.25, 0.3) is 11.1 Å². The van der Waals surface area contributed by atoms with Gasteiger partial charge in [-0.15, -0.1) is 0 Å². The number of rotatable bonds is 10. The normalized spacial score (nSPS) is 15.4. The zero-order valence-electron chi connectivity index (χ0n) is 19.6. The molecule has 34 heavy (non-hydrogen) atoms. The van der Waals surface area contributed by atoms with Gasteiger partial charge in [-0.05, 0) is 55.1 Å². The molecule has 0 bridgehead atoms. The second-order valence-electron chi connectivity index (χ2n) is 9.34. The van der Waals surface area contributed by atoms with E-state index in [-0.39, 0.29) is 25.6 Å². The number of carboxylic acids is 1. The Kier molecular flexibility index (Phi) is 7.17. The summed E-state index contributed by atoms with van der Waals surface area (Å²) >= 11 is 0. The molecule has 2 aromatic carbocycles. The van der Waals surface area contributed by atoms with Crippen LogP contribution in [0.1, 0.15) is 29.9 Å². The Balaban J connectivity index is 1.43. The number of carbonyl (C=O) groups excluding carboxylic acids is 2. The van der Waals surface area contributed by atoms with E-state index in [1.54, 1.807) is 19.0 Å². The van der Waals surface area contributed by atoms with E-state index in [1.165, 1.54) is 4.90 Å². The number of amides is 2. The fourth-order valence-electron chi connectivity index (χ4n) is 4.56. The molecule has 2 aliphatic rings. The number of carboxylic acid groups (broad SMARTS) is 1. The van der Waals surface area contributed by atoms with E-state index in [9.17, 15) is 19.5 Å². The first kappa shape index (κ1) is 23.8. The third-order valence-corrected chi connectivity index (χ3v) is 6.29. The van der Waals surface area contributed by atoms with Crippen molar-refractivity contribution < 1.29 is 24.2 Å². The molecule has 2 aliphatic carbocycles. The summed E-state index contributed by atoms with van der Waals surface area (Å²) in [6.07, 6.45) is 1.28. The standard InChI is InChI=1S/C26H31N3O5/c1-28(2)14-23(25(32)29(15-24(30)31)13-17-11-12-17)27-26(33)34-16-22-20-9-5-3-7-18(20)19-8-4-6-10-21(19)22/h3-10,17,22-23H,11-16H2,1-2H3,(H,27,33)(H,30,31)/t23-/m0/s1. The third-order valence-electron chi connectivity index (χ3n) is 6.29. The molecule has 2 aromatic rings. The highest BCUT2D eigenvalue weighted by Gasteiger charge is 2.34. The van der Waals surface area contributed by atoms with Gasteiger partial charge in [0.05, 0.1) is 0 Å². The van der Waals surface area contributed by atoms with Crippen LogP contribution in [0.3, 0.4) is 0 Å². The quantitative estimate of drug-likeness (QED) is 0.560. The maximum atomic E-state index is 13.2. The average Bonchev–Trinajstić information content (AvgIpc) is 3.56. The molecule has 2 amide bonds. The van der Waals surface area contributed by atoms with Gasteiger partial charge in [-0.2, -0.15) is 0 Å².